The van der Waals surface area contributed by atoms with Crippen LogP contribution in [-0.2, 0) is 4.74 Å². The maximum atomic E-state index is 13.0. The molecule has 0 bridgehead atoms. The van der Waals surface area contributed by atoms with Gasteiger partial charge in [-0.2, -0.15) is 0 Å². The van der Waals surface area contributed by atoms with Crippen LogP contribution < -0.4 is 5.73 Å². The molecule has 0 amide bonds. The smallest absolute Gasteiger partial charge is 0.123 e. The number of aliphatic hydroxyl groups excluding tert-OH is 1. The average Bonchev–Trinajstić information content (AvgIpc) is 2.38. The first-order valence-corrected chi connectivity index (χ1v) is 6.45. The van der Waals surface area contributed by atoms with Crippen molar-refractivity contribution in [1.29, 1.82) is 0 Å². The van der Waals surface area contributed by atoms with E-state index in [1.165, 1.54) is 12.1 Å². The Morgan fingerprint density at radius 1 is 1.32 bits per heavy atom. The van der Waals surface area contributed by atoms with Gasteiger partial charge in [0.05, 0.1) is 13.2 Å². The Labute approximate surface area is 114 Å². The summed E-state index contributed by atoms with van der Waals surface area (Å²) in [5.41, 5.74) is 7.00. The first-order chi connectivity index (χ1) is 9.10. The van der Waals surface area contributed by atoms with Crippen molar-refractivity contribution in [3.05, 3.63) is 35.6 Å². The Bertz CT molecular complexity index is 357. The number of hydrogen-bond acceptors (Lipinski definition) is 4. The molecule has 0 aromatic heterocycles. The van der Waals surface area contributed by atoms with Gasteiger partial charge >= 0.3 is 0 Å². The van der Waals surface area contributed by atoms with E-state index >= 15 is 0 Å². The highest BCUT2D eigenvalue weighted by Gasteiger charge is 2.23. The van der Waals surface area contributed by atoms with Crippen LogP contribution in [0.15, 0.2) is 24.3 Å². The fourth-order valence-corrected chi connectivity index (χ4v) is 2.23. The van der Waals surface area contributed by atoms with Crippen molar-refractivity contribution in [3.63, 3.8) is 0 Å². The number of rotatable bonds is 8. The van der Waals surface area contributed by atoms with Crippen LogP contribution in [0, 0.1) is 5.82 Å². The van der Waals surface area contributed by atoms with E-state index in [1.54, 1.807) is 19.2 Å². The number of methoxy groups -OCH3 is 1. The summed E-state index contributed by atoms with van der Waals surface area (Å²) in [4.78, 5) is 2.06. The Morgan fingerprint density at radius 3 is 2.42 bits per heavy atom. The summed E-state index contributed by atoms with van der Waals surface area (Å²) in [6, 6.07) is 6.13. The van der Waals surface area contributed by atoms with Crippen LogP contribution in [-0.4, -0.2) is 49.5 Å². The van der Waals surface area contributed by atoms with Crippen LogP contribution in [0.1, 0.15) is 18.5 Å². The highest BCUT2D eigenvalue weighted by molar-refractivity contribution is 5.21. The molecule has 5 heteroatoms. The first kappa shape index (κ1) is 16.0. The number of nitrogens with two attached hydrogens (primary N) is 1. The largest absolute Gasteiger partial charge is 0.395 e. The third-order valence-corrected chi connectivity index (χ3v) is 3.07. The fourth-order valence-electron chi connectivity index (χ4n) is 2.23. The van der Waals surface area contributed by atoms with Crippen LogP contribution in [0.3, 0.4) is 0 Å². The number of hydrogen-bond donors (Lipinski definition) is 2. The van der Waals surface area contributed by atoms with Crippen molar-refractivity contribution in [1.82, 2.24) is 4.90 Å². The van der Waals surface area contributed by atoms with Gasteiger partial charge in [0.25, 0.3) is 0 Å². The first-order valence-electron chi connectivity index (χ1n) is 6.45. The zero-order chi connectivity index (χ0) is 14.3. The van der Waals surface area contributed by atoms with Crippen LogP contribution in [0.4, 0.5) is 4.39 Å². The lowest BCUT2D eigenvalue weighted by Gasteiger charge is -2.34. The zero-order valence-corrected chi connectivity index (χ0v) is 11.6. The van der Waals surface area contributed by atoms with Crippen LogP contribution >= 0.6 is 0 Å². The molecule has 2 unspecified atom stereocenters. The highest BCUT2D eigenvalue weighted by atomic mass is 19.1. The standard InChI is InChI=1S/C14H23FN2O2/c1-11(16)14(12-3-5-13(15)6-4-12)17(7-9-18)8-10-19-2/h3-6,11,14,18H,7-10,16H2,1-2H3. The minimum atomic E-state index is -0.266. The minimum Gasteiger partial charge on any atom is -0.395 e. The van der Waals surface area contributed by atoms with Crippen molar-refractivity contribution in [3.8, 4) is 0 Å². The van der Waals surface area contributed by atoms with Crippen LogP contribution in [0.5, 0.6) is 0 Å². The molecule has 19 heavy (non-hydrogen) atoms. The maximum absolute atomic E-state index is 13.0. The molecule has 0 spiro atoms. The third kappa shape index (κ3) is 4.87. The Hall–Kier alpha value is -1.01. The molecule has 4 nitrogen and oxygen atoms in total. The number of benzene rings is 1. The molecule has 1 aromatic rings. The minimum absolute atomic E-state index is 0.0497. The summed E-state index contributed by atoms with van der Waals surface area (Å²) in [5, 5.41) is 9.17. The molecule has 0 radical (unpaired) electrons. The monoisotopic (exact) mass is 270 g/mol. The van der Waals surface area contributed by atoms with Crippen molar-refractivity contribution in [2.75, 3.05) is 33.4 Å². The highest BCUT2D eigenvalue weighted by Crippen LogP contribution is 2.23. The van der Waals surface area contributed by atoms with Gasteiger partial charge in [-0.1, -0.05) is 12.1 Å². The fraction of sp³-hybridized carbons (Fsp3) is 0.571. The molecular weight excluding hydrogens is 247 g/mol. The summed E-state index contributed by atoms with van der Waals surface area (Å²) in [5.74, 6) is -0.266. The lowest BCUT2D eigenvalue weighted by molar-refractivity contribution is 0.0928. The SMILES string of the molecule is COCCN(CCO)C(c1ccc(F)cc1)C(C)N. The lowest BCUT2D eigenvalue weighted by atomic mass is 9.99. The van der Waals surface area contributed by atoms with E-state index in [4.69, 9.17) is 10.5 Å². The summed E-state index contributed by atoms with van der Waals surface area (Å²) in [6.45, 7) is 3.69. The van der Waals surface area contributed by atoms with Crippen molar-refractivity contribution < 1.29 is 14.2 Å². The third-order valence-electron chi connectivity index (χ3n) is 3.07. The van der Waals surface area contributed by atoms with E-state index in [0.29, 0.717) is 19.7 Å². The molecule has 0 saturated carbocycles. The molecule has 0 heterocycles. The van der Waals surface area contributed by atoms with Gasteiger partial charge in [0.1, 0.15) is 5.82 Å². The van der Waals surface area contributed by atoms with Gasteiger partial charge in [-0.3, -0.25) is 4.90 Å². The topological polar surface area (TPSA) is 58.7 Å². The van der Waals surface area contributed by atoms with E-state index in [2.05, 4.69) is 4.90 Å². The van der Waals surface area contributed by atoms with Gasteiger partial charge < -0.3 is 15.6 Å². The van der Waals surface area contributed by atoms with Gasteiger partial charge in [-0.15, -0.1) is 0 Å². The van der Waals surface area contributed by atoms with E-state index in [9.17, 15) is 9.50 Å². The predicted molar refractivity (Wildman–Crippen MR) is 73.3 cm³/mol. The second-order valence-corrected chi connectivity index (χ2v) is 4.61. The molecule has 2 atom stereocenters. The number of halogens is 1. The molecule has 0 aliphatic rings. The number of ether oxygens (including phenoxy) is 1. The summed E-state index contributed by atoms with van der Waals surface area (Å²) in [7, 11) is 1.63. The van der Waals surface area contributed by atoms with Gasteiger partial charge in [-0.05, 0) is 24.6 Å². The van der Waals surface area contributed by atoms with E-state index < -0.39 is 0 Å². The van der Waals surface area contributed by atoms with Gasteiger partial charge in [-0.25, -0.2) is 4.39 Å². The number of nitrogens with zero attached hydrogens (tertiary/aromatic N) is 1. The molecule has 1 aromatic carbocycles. The Kier molecular flexibility index (Phi) is 6.94. The average molecular weight is 270 g/mol. The summed E-state index contributed by atoms with van der Waals surface area (Å²) >= 11 is 0. The van der Waals surface area contributed by atoms with Gasteiger partial charge in [0.15, 0.2) is 0 Å². The number of aliphatic hydroxyl groups is 1. The molecule has 1 rings (SSSR count). The van der Waals surface area contributed by atoms with E-state index in [-0.39, 0.29) is 24.5 Å². The van der Waals surface area contributed by atoms with Gasteiger partial charge in [0, 0.05) is 32.3 Å². The Morgan fingerprint density at radius 2 is 1.95 bits per heavy atom. The van der Waals surface area contributed by atoms with Crippen molar-refractivity contribution in [2.24, 2.45) is 5.73 Å². The Balaban J connectivity index is 2.92. The van der Waals surface area contributed by atoms with E-state index in [0.717, 1.165) is 5.56 Å². The van der Waals surface area contributed by atoms with Crippen LogP contribution in [0.25, 0.3) is 0 Å². The maximum Gasteiger partial charge on any atom is 0.123 e. The van der Waals surface area contributed by atoms with Gasteiger partial charge in [0.2, 0.25) is 0 Å². The van der Waals surface area contributed by atoms with E-state index in [1.807, 2.05) is 6.92 Å². The zero-order valence-electron chi connectivity index (χ0n) is 11.6. The quantitative estimate of drug-likeness (QED) is 0.744. The normalized spacial score (nSPS) is 14.6. The molecular formula is C14H23FN2O2. The van der Waals surface area contributed by atoms with Crippen LogP contribution in [0.2, 0.25) is 0 Å². The lowest BCUT2D eigenvalue weighted by Crippen LogP contribution is -2.42. The summed E-state index contributed by atoms with van der Waals surface area (Å²) in [6.07, 6.45) is 0. The summed E-state index contributed by atoms with van der Waals surface area (Å²) < 4.78 is 18.1. The molecule has 0 aliphatic heterocycles. The molecule has 108 valence electrons. The molecule has 3 N–H and O–H groups in total. The molecule has 0 saturated heterocycles. The second-order valence-electron chi connectivity index (χ2n) is 4.61. The second kappa shape index (κ2) is 8.22. The molecule has 0 aliphatic carbocycles. The molecule has 0 fully saturated rings. The van der Waals surface area contributed by atoms with Crippen molar-refractivity contribution >= 4 is 0 Å². The predicted octanol–water partition coefficient (Wildman–Crippen LogP) is 1.15. The van der Waals surface area contributed by atoms with Crippen molar-refractivity contribution in [2.45, 2.75) is 19.0 Å².